The second-order valence-corrected chi connectivity index (χ2v) is 5.99. The molecule has 92 valence electrons. The van der Waals surface area contributed by atoms with E-state index in [1.54, 1.807) is 0 Å². The van der Waals surface area contributed by atoms with Crippen molar-refractivity contribution in [3.63, 3.8) is 0 Å². The molecule has 0 aromatic rings. The first-order valence-corrected chi connectivity index (χ1v) is 6.54. The maximum atomic E-state index is 10.8. The molecule has 1 nitrogen and oxygen atoms in total. The lowest BCUT2D eigenvalue weighted by Crippen LogP contribution is -2.39. The Labute approximate surface area is 96.3 Å². The Morgan fingerprint density at radius 2 is 1.33 bits per heavy atom. The predicted molar refractivity (Wildman–Crippen MR) is 67.9 cm³/mol. The third kappa shape index (κ3) is 5.55. The summed E-state index contributed by atoms with van der Waals surface area (Å²) in [6.07, 6.45) is 4.17. The van der Waals surface area contributed by atoms with Gasteiger partial charge in [-0.05, 0) is 37.0 Å². The first-order valence-electron chi connectivity index (χ1n) is 6.54. The van der Waals surface area contributed by atoms with Gasteiger partial charge in [0.1, 0.15) is 0 Å². The summed E-state index contributed by atoms with van der Waals surface area (Å²) in [7, 11) is 0. The van der Waals surface area contributed by atoms with E-state index in [0.717, 1.165) is 19.3 Å². The molecule has 1 atom stereocenters. The van der Waals surface area contributed by atoms with E-state index in [2.05, 4.69) is 41.5 Å². The Morgan fingerprint density at radius 1 is 0.933 bits per heavy atom. The maximum Gasteiger partial charge on any atom is 0.0678 e. The quantitative estimate of drug-likeness (QED) is 0.672. The largest absolute Gasteiger partial charge is 0.390 e. The Kier molecular flexibility index (Phi) is 6.51. The van der Waals surface area contributed by atoms with E-state index in [1.807, 2.05) is 0 Å². The molecule has 15 heavy (non-hydrogen) atoms. The number of aliphatic hydroxyl groups is 1. The van der Waals surface area contributed by atoms with Crippen LogP contribution >= 0.6 is 0 Å². The molecule has 0 heterocycles. The number of hydrogen-bond acceptors (Lipinski definition) is 1. The van der Waals surface area contributed by atoms with E-state index in [9.17, 15) is 5.11 Å². The van der Waals surface area contributed by atoms with Crippen molar-refractivity contribution in [2.45, 2.75) is 72.8 Å². The predicted octanol–water partition coefficient (Wildman–Crippen LogP) is 4.25. The highest BCUT2D eigenvalue weighted by Crippen LogP contribution is 2.34. The molecule has 0 aliphatic carbocycles. The molecular formula is C14H30O. The topological polar surface area (TPSA) is 20.2 Å². The van der Waals surface area contributed by atoms with Crippen LogP contribution in [0.4, 0.5) is 0 Å². The van der Waals surface area contributed by atoms with Gasteiger partial charge in [0.05, 0.1) is 5.60 Å². The Hall–Kier alpha value is -0.0400. The minimum absolute atomic E-state index is 0.423. The highest BCUT2D eigenvalue weighted by Gasteiger charge is 2.34. The number of rotatable bonds is 7. The van der Waals surface area contributed by atoms with Crippen LogP contribution in [0.15, 0.2) is 0 Å². The summed E-state index contributed by atoms with van der Waals surface area (Å²) in [5.41, 5.74) is -0.446. The van der Waals surface area contributed by atoms with Gasteiger partial charge in [-0.25, -0.2) is 0 Å². The van der Waals surface area contributed by atoms with Crippen LogP contribution in [0, 0.1) is 17.8 Å². The molecule has 0 radical (unpaired) electrons. The Balaban J connectivity index is 4.52. The zero-order valence-electron chi connectivity index (χ0n) is 11.5. The standard InChI is InChI=1S/C14H30O/c1-7-8-13(6)14(15,9-11(2)3)10-12(4)5/h11-13,15H,7-10H2,1-6H3. The molecule has 0 amide bonds. The van der Waals surface area contributed by atoms with Gasteiger partial charge in [0, 0.05) is 0 Å². The second kappa shape index (κ2) is 6.52. The van der Waals surface area contributed by atoms with E-state index in [-0.39, 0.29) is 0 Å². The van der Waals surface area contributed by atoms with Crippen molar-refractivity contribution in [2.75, 3.05) is 0 Å². The fourth-order valence-corrected chi connectivity index (χ4v) is 2.60. The SMILES string of the molecule is CCCC(C)C(O)(CC(C)C)CC(C)C. The molecule has 0 aliphatic heterocycles. The van der Waals surface area contributed by atoms with Crippen LogP contribution < -0.4 is 0 Å². The van der Waals surface area contributed by atoms with Gasteiger partial charge >= 0.3 is 0 Å². The molecule has 0 fully saturated rings. The van der Waals surface area contributed by atoms with Crippen LogP contribution in [-0.2, 0) is 0 Å². The summed E-state index contributed by atoms with van der Waals surface area (Å²) in [6.45, 7) is 13.2. The normalized spacial score (nSPS) is 15.0. The van der Waals surface area contributed by atoms with Crippen LogP contribution in [0.1, 0.15) is 67.2 Å². The highest BCUT2D eigenvalue weighted by molar-refractivity contribution is 4.85. The van der Waals surface area contributed by atoms with Crippen molar-refractivity contribution in [3.05, 3.63) is 0 Å². The average Bonchev–Trinajstić information content (AvgIpc) is 2.01. The van der Waals surface area contributed by atoms with Gasteiger partial charge in [0.2, 0.25) is 0 Å². The lowest BCUT2D eigenvalue weighted by atomic mass is 9.75. The van der Waals surface area contributed by atoms with Gasteiger partial charge in [0.25, 0.3) is 0 Å². The summed E-state index contributed by atoms with van der Waals surface area (Å²) >= 11 is 0. The third-order valence-corrected chi connectivity index (χ3v) is 3.16. The second-order valence-electron chi connectivity index (χ2n) is 5.99. The van der Waals surface area contributed by atoms with Crippen molar-refractivity contribution in [2.24, 2.45) is 17.8 Å². The molecule has 0 rings (SSSR count). The van der Waals surface area contributed by atoms with Crippen LogP contribution in [0.3, 0.4) is 0 Å². The van der Waals surface area contributed by atoms with Crippen molar-refractivity contribution in [1.29, 1.82) is 0 Å². The van der Waals surface area contributed by atoms with Gasteiger partial charge in [0.15, 0.2) is 0 Å². The van der Waals surface area contributed by atoms with Gasteiger partial charge in [-0.2, -0.15) is 0 Å². The van der Waals surface area contributed by atoms with Gasteiger partial charge in [-0.1, -0.05) is 48.0 Å². The molecule has 1 heteroatoms. The summed E-state index contributed by atoms with van der Waals surface area (Å²) in [5.74, 6) is 1.58. The monoisotopic (exact) mass is 214 g/mol. The minimum atomic E-state index is -0.446. The van der Waals surface area contributed by atoms with Crippen LogP contribution in [0.5, 0.6) is 0 Å². The molecule has 0 bridgehead atoms. The molecule has 0 spiro atoms. The third-order valence-electron chi connectivity index (χ3n) is 3.16. The Bertz CT molecular complexity index is 151. The Morgan fingerprint density at radius 3 is 1.60 bits per heavy atom. The summed E-state index contributed by atoms with van der Waals surface area (Å²) in [5, 5.41) is 10.8. The number of hydrogen-bond donors (Lipinski definition) is 1. The molecular weight excluding hydrogens is 184 g/mol. The molecule has 0 saturated carbocycles. The minimum Gasteiger partial charge on any atom is -0.390 e. The van der Waals surface area contributed by atoms with Crippen molar-refractivity contribution in [3.8, 4) is 0 Å². The molecule has 0 aromatic heterocycles. The van der Waals surface area contributed by atoms with Crippen molar-refractivity contribution >= 4 is 0 Å². The molecule has 0 aliphatic rings. The van der Waals surface area contributed by atoms with E-state index >= 15 is 0 Å². The maximum absolute atomic E-state index is 10.8. The van der Waals surface area contributed by atoms with E-state index in [4.69, 9.17) is 0 Å². The van der Waals surface area contributed by atoms with Crippen molar-refractivity contribution < 1.29 is 5.11 Å². The summed E-state index contributed by atoms with van der Waals surface area (Å²) < 4.78 is 0. The first kappa shape index (κ1) is 15.0. The van der Waals surface area contributed by atoms with Gasteiger partial charge < -0.3 is 5.11 Å². The van der Waals surface area contributed by atoms with Gasteiger partial charge in [-0.3, -0.25) is 0 Å². The molecule has 0 saturated heterocycles. The summed E-state index contributed by atoms with van der Waals surface area (Å²) in [4.78, 5) is 0. The molecule has 0 aromatic carbocycles. The lowest BCUT2D eigenvalue weighted by molar-refractivity contribution is -0.0490. The van der Waals surface area contributed by atoms with Crippen molar-refractivity contribution in [1.82, 2.24) is 0 Å². The highest BCUT2D eigenvalue weighted by atomic mass is 16.3. The van der Waals surface area contributed by atoms with Gasteiger partial charge in [-0.15, -0.1) is 0 Å². The fourth-order valence-electron chi connectivity index (χ4n) is 2.60. The summed E-state index contributed by atoms with van der Waals surface area (Å²) in [6, 6.07) is 0. The van der Waals surface area contributed by atoms with E-state index in [0.29, 0.717) is 17.8 Å². The lowest BCUT2D eigenvalue weighted by Gasteiger charge is -2.37. The van der Waals surface area contributed by atoms with Crippen LogP contribution in [-0.4, -0.2) is 10.7 Å². The molecule has 1 unspecified atom stereocenters. The molecule has 1 N–H and O–H groups in total. The van der Waals surface area contributed by atoms with E-state index in [1.165, 1.54) is 6.42 Å². The van der Waals surface area contributed by atoms with E-state index < -0.39 is 5.60 Å². The smallest absolute Gasteiger partial charge is 0.0678 e. The fraction of sp³-hybridized carbons (Fsp3) is 1.00. The first-order chi connectivity index (χ1) is 6.81. The van der Waals surface area contributed by atoms with Crippen LogP contribution in [0.25, 0.3) is 0 Å². The zero-order valence-corrected chi connectivity index (χ0v) is 11.5. The average molecular weight is 214 g/mol. The van der Waals surface area contributed by atoms with Crippen LogP contribution in [0.2, 0.25) is 0 Å². The zero-order chi connectivity index (χ0) is 12.1.